The van der Waals surface area contributed by atoms with Crippen LogP contribution in [0.5, 0.6) is 0 Å². The number of rotatable bonds is 4. The number of furan rings is 1. The number of hydrogen-bond donors (Lipinski definition) is 0. The Labute approximate surface area is 364 Å². The van der Waals surface area contributed by atoms with E-state index in [4.69, 9.17) is 4.42 Å². The van der Waals surface area contributed by atoms with Crippen molar-refractivity contribution >= 4 is 71.3 Å². The van der Waals surface area contributed by atoms with Gasteiger partial charge < -0.3 is 9.32 Å². The maximum absolute atomic E-state index is 6.68. The van der Waals surface area contributed by atoms with E-state index >= 15 is 0 Å². The Balaban J connectivity index is 1.08. The molecule has 0 amide bonds. The number of anilines is 3. The summed E-state index contributed by atoms with van der Waals surface area (Å²) in [7, 11) is 0. The number of hydrogen-bond acceptors (Lipinski definition) is 2. The smallest absolute Gasteiger partial charge is 0.136 e. The highest BCUT2D eigenvalue weighted by atomic mass is 16.3. The first-order valence-electron chi connectivity index (χ1n) is 21.8. The largest absolute Gasteiger partial charge is 0.456 e. The second kappa shape index (κ2) is 12.9. The number of para-hydroxylation sites is 2. The van der Waals surface area contributed by atoms with E-state index in [0.29, 0.717) is 0 Å². The molecule has 0 unspecified atom stereocenters. The van der Waals surface area contributed by atoms with Crippen LogP contribution < -0.4 is 4.90 Å². The number of benzene rings is 11. The van der Waals surface area contributed by atoms with E-state index < -0.39 is 5.41 Å². The molecule has 2 heteroatoms. The van der Waals surface area contributed by atoms with Gasteiger partial charge in [-0.05, 0) is 131 Å². The van der Waals surface area contributed by atoms with Gasteiger partial charge in [-0.1, -0.05) is 176 Å². The van der Waals surface area contributed by atoms with Gasteiger partial charge in [0.1, 0.15) is 11.2 Å². The molecule has 11 aromatic carbocycles. The van der Waals surface area contributed by atoms with Crippen molar-refractivity contribution in [1.29, 1.82) is 0 Å². The molecule has 14 rings (SSSR count). The van der Waals surface area contributed by atoms with Crippen molar-refractivity contribution in [1.82, 2.24) is 0 Å². The Morgan fingerprint density at radius 2 is 0.825 bits per heavy atom. The summed E-state index contributed by atoms with van der Waals surface area (Å²) < 4.78 is 6.68. The standard InChI is InChI=1S/C61H37NO/c1-2-16-39(17-3-1)62(40-31-33-49-48-24-10-14-28-54(48)61(55(49)37-40)52-26-12-8-22-46(52)47-23-9-13-27-53(47)61)56-34-35-58-60(50-25-11-15-29-57(50)63-58)59(56)38-30-32-45-43-20-5-4-18-41(43)42-19-6-7-21-44(42)51(45)36-38/h1-37H. The molecular weight excluding hydrogens is 763 g/mol. The third kappa shape index (κ3) is 4.62. The quantitative estimate of drug-likeness (QED) is 0.165. The Bertz CT molecular complexity index is 3780. The van der Waals surface area contributed by atoms with Crippen molar-refractivity contribution in [3.05, 3.63) is 247 Å². The fourth-order valence-corrected chi connectivity index (χ4v) is 11.6. The summed E-state index contributed by atoms with van der Waals surface area (Å²) in [6, 6.07) is 82.9. The third-order valence-corrected chi connectivity index (χ3v) is 14.0. The van der Waals surface area contributed by atoms with E-state index in [1.807, 2.05) is 0 Å². The molecule has 1 spiro atoms. The Kier molecular flexibility index (Phi) is 7.07. The lowest BCUT2D eigenvalue weighted by atomic mass is 9.70. The van der Waals surface area contributed by atoms with Gasteiger partial charge in [-0.25, -0.2) is 0 Å². The lowest BCUT2D eigenvalue weighted by molar-refractivity contribution is 0.669. The summed E-state index contributed by atoms with van der Waals surface area (Å²) in [6.07, 6.45) is 0. The van der Waals surface area contributed by atoms with Crippen molar-refractivity contribution in [2.75, 3.05) is 4.90 Å². The molecule has 0 radical (unpaired) electrons. The monoisotopic (exact) mass is 799 g/mol. The molecule has 12 aromatic rings. The van der Waals surface area contributed by atoms with Gasteiger partial charge in [0, 0.05) is 27.7 Å². The number of fused-ring (bicyclic) bond motifs is 19. The van der Waals surface area contributed by atoms with Crippen LogP contribution in [0, 0.1) is 0 Å². The predicted octanol–water partition coefficient (Wildman–Crippen LogP) is 16.5. The third-order valence-electron chi connectivity index (χ3n) is 14.0. The maximum Gasteiger partial charge on any atom is 0.136 e. The van der Waals surface area contributed by atoms with Crippen molar-refractivity contribution in [2.45, 2.75) is 5.41 Å². The van der Waals surface area contributed by atoms with Gasteiger partial charge >= 0.3 is 0 Å². The molecule has 0 saturated heterocycles. The summed E-state index contributed by atoms with van der Waals surface area (Å²) in [5.41, 5.74) is 17.3. The molecule has 2 aliphatic carbocycles. The van der Waals surface area contributed by atoms with E-state index in [2.05, 4.69) is 229 Å². The molecule has 0 saturated carbocycles. The fourth-order valence-electron chi connectivity index (χ4n) is 11.6. The fraction of sp³-hybridized carbons (Fsp3) is 0.0164. The van der Waals surface area contributed by atoms with Crippen LogP contribution in [0.1, 0.15) is 22.3 Å². The van der Waals surface area contributed by atoms with Crippen molar-refractivity contribution in [3.63, 3.8) is 0 Å². The van der Waals surface area contributed by atoms with Gasteiger partial charge in [-0.15, -0.1) is 0 Å². The van der Waals surface area contributed by atoms with Gasteiger partial charge in [0.05, 0.1) is 11.1 Å². The van der Waals surface area contributed by atoms with Crippen LogP contribution >= 0.6 is 0 Å². The zero-order valence-corrected chi connectivity index (χ0v) is 34.2. The van der Waals surface area contributed by atoms with Crippen molar-refractivity contribution in [2.24, 2.45) is 0 Å². The first-order valence-corrected chi connectivity index (χ1v) is 21.8. The zero-order chi connectivity index (χ0) is 41.2. The lowest BCUT2D eigenvalue weighted by Gasteiger charge is -2.33. The van der Waals surface area contributed by atoms with Crippen LogP contribution in [0.15, 0.2) is 229 Å². The van der Waals surface area contributed by atoms with Crippen molar-refractivity contribution < 1.29 is 4.42 Å². The molecule has 63 heavy (non-hydrogen) atoms. The average molecular weight is 800 g/mol. The minimum absolute atomic E-state index is 0.465. The summed E-state index contributed by atoms with van der Waals surface area (Å²) in [5.74, 6) is 0. The molecule has 1 aromatic heterocycles. The summed E-state index contributed by atoms with van der Waals surface area (Å²) >= 11 is 0. The normalized spacial score (nSPS) is 13.2. The Hall–Kier alpha value is -8.20. The van der Waals surface area contributed by atoms with Crippen LogP contribution in [-0.4, -0.2) is 0 Å². The first-order chi connectivity index (χ1) is 31.3. The van der Waals surface area contributed by atoms with Gasteiger partial charge in [-0.3, -0.25) is 0 Å². The van der Waals surface area contributed by atoms with E-state index in [1.54, 1.807) is 0 Å². The highest BCUT2D eigenvalue weighted by Gasteiger charge is 2.51. The molecule has 0 aliphatic heterocycles. The minimum Gasteiger partial charge on any atom is -0.456 e. The minimum atomic E-state index is -0.465. The van der Waals surface area contributed by atoms with Crippen LogP contribution in [-0.2, 0) is 5.41 Å². The molecule has 0 fully saturated rings. The van der Waals surface area contributed by atoms with Crippen molar-refractivity contribution in [3.8, 4) is 33.4 Å². The topological polar surface area (TPSA) is 16.4 Å². The first kappa shape index (κ1) is 34.5. The van der Waals surface area contributed by atoms with Gasteiger partial charge in [0.2, 0.25) is 0 Å². The molecular formula is C61H37NO. The van der Waals surface area contributed by atoms with Gasteiger partial charge in [-0.2, -0.15) is 0 Å². The van der Waals surface area contributed by atoms with Crippen LogP contribution in [0.3, 0.4) is 0 Å². The molecule has 2 aliphatic rings. The summed E-state index contributed by atoms with van der Waals surface area (Å²) in [5, 5.41) is 9.74. The SMILES string of the molecule is c1ccc(N(c2ccc3c(c2)C2(c4ccccc4-c4ccccc42)c2ccccc2-3)c2ccc3oc4ccccc4c3c2-c2ccc3c4ccccc4c4ccccc4c3c2)cc1. The average Bonchev–Trinajstić information content (AvgIpc) is 3.98. The van der Waals surface area contributed by atoms with Crippen LogP contribution in [0.25, 0.3) is 87.6 Å². The summed E-state index contributed by atoms with van der Waals surface area (Å²) in [6.45, 7) is 0. The number of nitrogens with zero attached hydrogens (tertiary/aromatic N) is 1. The molecule has 2 nitrogen and oxygen atoms in total. The summed E-state index contributed by atoms with van der Waals surface area (Å²) in [4.78, 5) is 2.48. The maximum atomic E-state index is 6.68. The molecule has 0 bridgehead atoms. The predicted molar refractivity (Wildman–Crippen MR) is 263 cm³/mol. The highest BCUT2D eigenvalue weighted by Crippen LogP contribution is 2.63. The zero-order valence-electron chi connectivity index (χ0n) is 34.2. The molecule has 0 atom stereocenters. The second-order valence-electron chi connectivity index (χ2n) is 17.1. The Morgan fingerprint density at radius 3 is 1.46 bits per heavy atom. The molecule has 1 heterocycles. The van der Waals surface area contributed by atoms with Crippen LogP contribution in [0.2, 0.25) is 0 Å². The van der Waals surface area contributed by atoms with E-state index in [1.165, 1.54) is 76.8 Å². The van der Waals surface area contributed by atoms with Crippen LogP contribution in [0.4, 0.5) is 17.1 Å². The molecule has 292 valence electrons. The highest BCUT2D eigenvalue weighted by molar-refractivity contribution is 6.26. The van der Waals surface area contributed by atoms with Gasteiger partial charge in [0.15, 0.2) is 0 Å². The Morgan fingerprint density at radius 1 is 0.317 bits per heavy atom. The van der Waals surface area contributed by atoms with E-state index in [-0.39, 0.29) is 0 Å². The van der Waals surface area contributed by atoms with Gasteiger partial charge in [0.25, 0.3) is 0 Å². The van der Waals surface area contributed by atoms with E-state index in [9.17, 15) is 0 Å². The molecule has 0 N–H and O–H groups in total. The second-order valence-corrected chi connectivity index (χ2v) is 17.1. The lowest BCUT2D eigenvalue weighted by Crippen LogP contribution is -2.26. The van der Waals surface area contributed by atoms with E-state index in [0.717, 1.165) is 50.1 Å².